The molecule has 23 heavy (non-hydrogen) atoms. The summed E-state index contributed by atoms with van der Waals surface area (Å²) in [5, 5.41) is 0. The van der Waals surface area contributed by atoms with Crippen molar-refractivity contribution in [2.24, 2.45) is 0 Å². The van der Waals surface area contributed by atoms with Gasteiger partial charge in [0.25, 0.3) is 0 Å². The van der Waals surface area contributed by atoms with Crippen LogP contribution >= 0.6 is 0 Å². The fourth-order valence-corrected chi connectivity index (χ4v) is 3.40. The van der Waals surface area contributed by atoms with Gasteiger partial charge in [0.1, 0.15) is 0 Å². The largest absolute Gasteiger partial charge is 0.380 e. The predicted molar refractivity (Wildman–Crippen MR) is 90.1 cm³/mol. The Hall–Kier alpha value is -1.40. The Bertz CT molecular complexity index is 501. The zero-order chi connectivity index (χ0) is 16.8. The van der Waals surface area contributed by atoms with Gasteiger partial charge in [0.05, 0.1) is 18.1 Å². The van der Waals surface area contributed by atoms with Crippen LogP contribution in [0.3, 0.4) is 0 Å². The number of methoxy groups -OCH3 is 1. The third kappa shape index (κ3) is 4.54. The number of amides is 1. The predicted octanol–water partition coefficient (Wildman–Crippen LogP) is 1.75. The fourth-order valence-electron chi connectivity index (χ4n) is 3.40. The maximum atomic E-state index is 12.0. The standard InChI is InChI=1S/C17H30N4O2/c1-5-20-13-18-11-14(20)12-21-10-6-7-16(23-4)15(21)8-9-17(22)19(2)3/h11,13,15-16H,5-10,12H2,1-4H3/t15-,16-/m0/s1. The average Bonchev–Trinajstić information content (AvgIpc) is 3.00. The topological polar surface area (TPSA) is 50.6 Å². The molecule has 2 heterocycles. The van der Waals surface area contributed by atoms with Crippen molar-refractivity contribution in [3.8, 4) is 0 Å². The summed E-state index contributed by atoms with van der Waals surface area (Å²) in [6.07, 6.45) is 7.66. The van der Waals surface area contributed by atoms with E-state index >= 15 is 0 Å². The van der Waals surface area contributed by atoms with Gasteiger partial charge in [0.2, 0.25) is 5.91 Å². The minimum Gasteiger partial charge on any atom is -0.380 e. The summed E-state index contributed by atoms with van der Waals surface area (Å²) in [5.41, 5.74) is 1.23. The van der Waals surface area contributed by atoms with Gasteiger partial charge in [-0.05, 0) is 32.7 Å². The molecule has 1 fully saturated rings. The van der Waals surface area contributed by atoms with Crippen molar-refractivity contribution in [2.45, 2.75) is 57.8 Å². The van der Waals surface area contributed by atoms with Gasteiger partial charge in [-0.3, -0.25) is 9.69 Å². The number of likely N-dealkylation sites (tertiary alicyclic amines) is 1. The molecule has 1 aromatic rings. The van der Waals surface area contributed by atoms with E-state index in [1.54, 1.807) is 12.0 Å². The highest BCUT2D eigenvalue weighted by molar-refractivity contribution is 5.75. The summed E-state index contributed by atoms with van der Waals surface area (Å²) in [5.74, 6) is 0.184. The highest BCUT2D eigenvalue weighted by atomic mass is 16.5. The Morgan fingerprint density at radius 2 is 2.26 bits per heavy atom. The van der Waals surface area contributed by atoms with Gasteiger partial charge in [0.15, 0.2) is 0 Å². The smallest absolute Gasteiger partial charge is 0.222 e. The van der Waals surface area contributed by atoms with E-state index in [2.05, 4.69) is 21.4 Å². The van der Waals surface area contributed by atoms with Gasteiger partial charge >= 0.3 is 0 Å². The summed E-state index contributed by atoms with van der Waals surface area (Å²) >= 11 is 0. The molecule has 2 rings (SSSR count). The number of rotatable bonds is 7. The summed E-state index contributed by atoms with van der Waals surface area (Å²) in [4.78, 5) is 20.4. The highest BCUT2D eigenvalue weighted by Crippen LogP contribution is 2.25. The lowest BCUT2D eigenvalue weighted by atomic mass is 9.94. The van der Waals surface area contributed by atoms with Gasteiger partial charge in [0, 0.05) is 53.0 Å². The molecule has 0 bridgehead atoms. The van der Waals surface area contributed by atoms with Crippen LogP contribution in [0.25, 0.3) is 0 Å². The van der Waals surface area contributed by atoms with Crippen LogP contribution in [0.4, 0.5) is 0 Å². The Morgan fingerprint density at radius 1 is 1.48 bits per heavy atom. The number of hydrogen-bond donors (Lipinski definition) is 0. The number of piperidine rings is 1. The normalized spacial score (nSPS) is 22.3. The fraction of sp³-hybridized carbons (Fsp3) is 0.765. The molecule has 1 saturated heterocycles. The molecule has 1 aromatic heterocycles. The second-order valence-electron chi connectivity index (χ2n) is 6.45. The molecule has 1 aliphatic heterocycles. The number of aromatic nitrogens is 2. The molecule has 0 aliphatic carbocycles. The van der Waals surface area contributed by atoms with Gasteiger partial charge in [-0.2, -0.15) is 0 Å². The monoisotopic (exact) mass is 322 g/mol. The Kier molecular flexibility index (Phi) is 6.59. The molecule has 0 saturated carbocycles. The zero-order valence-electron chi connectivity index (χ0n) is 14.9. The number of carbonyl (C=O) groups excluding carboxylic acids is 1. The molecule has 0 unspecified atom stereocenters. The first kappa shape index (κ1) is 17.9. The molecule has 0 radical (unpaired) electrons. The van der Waals surface area contributed by atoms with Crippen molar-refractivity contribution in [3.63, 3.8) is 0 Å². The third-order valence-corrected chi connectivity index (χ3v) is 4.79. The molecule has 0 spiro atoms. The Balaban J connectivity index is 2.06. The second kappa shape index (κ2) is 8.45. The van der Waals surface area contributed by atoms with Gasteiger partial charge in [-0.25, -0.2) is 4.98 Å². The molecular weight excluding hydrogens is 292 g/mol. The lowest BCUT2D eigenvalue weighted by molar-refractivity contribution is -0.129. The Morgan fingerprint density at radius 3 is 2.91 bits per heavy atom. The van der Waals surface area contributed by atoms with E-state index in [4.69, 9.17) is 4.74 Å². The van der Waals surface area contributed by atoms with Gasteiger partial charge in [-0.15, -0.1) is 0 Å². The van der Waals surface area contributed by atoms with Crippen LogP contribution in [0.5, 0.6) is 0 Å². The van der Waals surface area contributed by atoms with Crippen molar-refractivity contribution in [1.29, 1.82) is 0 Å². The molecule has 0 N–H and O–H groups in total. The molecular formula is C17H30N4O2. The summed E-state index contributed by atoms with van der Waals surface area (Å²) in [6, 6.07) is 0.290. The molecule has 1 aliphatic rings. The van der Waals surface area contributed by atoms with E-state index in [9.17, 15) is 4.79 Å². The van der Waals surface area contributed by atoms with Crippen LogP contribution in [-0.2, 0) is 22.6 Å². The molecule has 2 atom stereocenters. The first-order valence-corrected chi connectivity index (χ1v) is 8.52. The summed E-state index contributed by atoms with van der Waals surface area (Å²) < 4.78 is 7.89. The van der Waals surface area contributed by atoms with E-state index in [1.807, 2.05) is 26.6 Å². The van der Waals surface area contributed by atoms with E-state index in [0.717, 1.165) is 38.9 Å². The molecule has 130 valence electrons. The van der Waals surface area contributed by atoms with E-state index < -0.39 is 0 Å². The molecule has 1 amide bonds. The van der Waals surface area contributed by atoms with E-state index in [0.29, 0.717) is 6.42 Å². The number of carbonyl (C=O) groups is 1. The third-order valence-electron chi connectivity index (χ3n) is 4.79. The van der Waals surface area contributed by atoms with Crippen LogP contribution in [0.2, 0.25) is 0 Å². The highest BCUT2D eigenvalue weighted by Gasteiger charge is 2.32. The lowest BCUT2D eigenvalue weighted by Gasteiger charge is -2.40. The molecule has 6 heteroatoms. The van der Waals surface area contributed by atoms with Gasteiger partial charge < -0.3 is 14.2 Å². The van der Waals surface area contributed by atoms with Crippen LogP contribution in [0.1, 0.15) is 38.3 Å². The molecule has 6 nitrogen and oxygen atoms in total. The van der Waals surface area contributed by atoms with Crippen molar-refractivity contribution in [3.05, 3.63) is 18.2 Å². The first-order valence-electron chi connectivity index (χ1n) is 8.52. The van der Waals surface area contributed by atoms with Crippen molar-refractivity contribution < 1.29 is 9.53 Å². The van der Waals surface area contributed by atoms with Crippen LogP contribution in [0, 0.1) is 0 Å². The quantitative estimate of drug-likeness (QED) is 0.767. The second-order valence-corrected chi connectivity index (χ2v) is 6.45. The number of hydrogen-bond acceptors (Lipinski definition) is 4. The first-order chi connectivity index (χ1) is 11.1. The van der Waals surface area contributed by atoms with Crippen molar-refractivity contribution >= 4 is 5.91 Å². The molecule has 0 aromatic carbocycles. The van der Waals surface area contributed by atoms with Crippen molar-refractivity contribution in [2.75, 3.05) is 27.7 Å². The SMILES string of the molecule is CCn1cncc1CN1CCC[C@H](OC)[C@@H]1CCC(=O)N(C)C. The van der Waals surface area contributed by atoms with Crippen LogP contribution in [-0.4, -0.2) is 65.2 Å². The van der Waals surface area contributed by atoms with Crippen LogP contribution < -0.4 is 0 Å². The average molecular weight is 322 g/mol. The summed E-state index contributed by atoms with van der Waals surface area (Å²) in [6.45, 7) is 4.98. The Labute approximate surface area is 139 Å². The number of nitrogens with zero attached hydrogens (tertiary/aromatic N) is 4. The van der Waals surface area contributed by atoms with Gasteiger partial charge in [-0.1, -0.05) is 0 Å². The van der Waals surface area contributed by atoms with E-state index in [1.165, 1.54) is 5.69 Å². The minimum absolute atomic E-state index is 0.184. The maximum absolute atomic E-state index is 12.0. The van der Waals surface area contributed by atoms with Crippen LogP contribution in [0.15, 0.2) is 12.5 Å². The number of ether oxygens (including phenoxy) is 1. The minimum atomic E-state index is 0.184. The maximum Gasteiger partial charge on any atom is 0.222 e. The van der Waals surface area contributed by atoms with Crippen molar-refractivity contribution in [1.82, 2.24) is 19.4 Å². The summed E-state index contributed by atoms with van der Waals surface area (Å²) in [7, 11) is 5.41. The van der Waals surface area contributed by atoms with E-state index in [-0.39, 0.29) is 18.1 Å². The number of aryl methyl sites for hydroxylation is 1. The lowest BCUT2D eigenvalue weighted by Crippen LogP contribution is -2.49. The number of imidazole rings is 1. The zero-order valence-corrected chi connectivity index (χ0v) is 14.9.